The predicted octanol–water partition coefficient (Wildman–Crippen LogP) is 2.36. The van der Waals surface area contributed by atoms with E-state index >= 15 is 0 Å². The van der Waals surface area contributed by atoms with E-state index in [1.807, 2.05) is 24.0 Å². The van der Waals surface area contributed by atoms with Crippen LogP contribution in [-0.4, -0.2) is 26.8 Å². The summed E-state index contributed by atoms with van der Waals surface area (Å²) in [5, 5.41) is 7.08. The summed E-state index contributed by atoms with van der Waals surface area (Å²) < 4.78 is 2.64. The van der Waals surface area contributed by atoms with E-state index in [9.17, 15) is 0 Å². The first kappa shape index (κ1) is 12.3. The van der Waals surface area contributed by atoms with E-state index in [0.29, 0.717) is 4.77 Å². The van der Waals surface area contributed by atoms with Crippen LogP contribution in [0.15, 0.2) is 5.51 Å². The van der Waals surface area contributed by atoms with Gasteiger partial charge in [-0.25, -0.2) is 10.1 Å². The lowest BCUT2D eigenvalue weighted by Crippen LogP contribution is -2.20. The van der Waals surface area contributed by atoms with Crippen LogP contribution in [-0.2, 0) is 13.1 Å². The van der Waals surface area contributed by atoms with Crippen molar-refractivity contribution in [1.82, 2.24) is 19.7 Å². The van der Waals surface area contributed by atoms with Gasteiger partial charge >= 0.3 is 0 Å². The Kier molecular flexibility index (Phi) is 3.58. The molecular formula is C10H15N5S2. The maximum absolute atomic E-state index is 5.17. The van der Waals surface area contributed by atoms with Crippen LogP contribution in [0.5, 0.6) is 0 Å². The molecule has 0 saturated heterocycles. The second-order valence-corrected chi connectivity index (χ2v) is 5.12. The van der Waals surface area contributed by atoms with Crippen molar-refractivity contribution >= 4 is 29.5 Å². The highest BCUT2D eigenvalue weighted by Gasteiger charge is 2.12. The molecule has 0 amide bonds. The number of hydrogen-bond acceptors (Lipinski definition) is 5. The van der Waals surface area contributed by atoms with E-state index in [1.165, 1.54) is 4.88 Å². The van der Waals surface area contributed by atoms with Gasteiger partial charge in [0.1, 0.15) is 0 Å². The highest BCUT2D eigenvalue weighted by molar-refractivity contribution is 7.71. The van der Waals surface area contributed by atoms with Gasteiger partial charge in [-0.3, -0.25) is 4.57 Å². The van der Waals surface area contributed by atoms with Crippen molar-refractivity contribution in [3.63, 3.8) is 0 Å². The van der Waals surface area contributed by atoms with Crippen LogP contribution in [0.25, 0.3) is 0 Å². The molecule has 1 N–H and O–H groups in total. The van der Waals surface area contributed by atoms with E-state index in [-0.39, 0.29) is 0 Å². The zero-order chi connectivity index (χ0) is 12.4. The molecule has 0 spiro atoms. The Labute approximate surface area is 109 Å². The van der Waals surface area contributed by atoms with Crippen molar-refractivity contribution in [2.75, 3.05) is 11.9 Å². The van der Waals surface area contributed by atoms with Crippen molar-refractivity contribution in [3.8, 4) is 0 Å². The number of thiazole rings is 1. The minimum atomic E-state index is 0.662. The fraction of sp³-hybridized carbons (Fsp3) is 0.500. The molecule has 92 valence electrons. The lowest BCUT2D eigenvalue weighted by atomic mass is 10.4. The van der Waals surface area contributed by atoms with Crippen LogP contribution >= 0.6 is 23.6 Å². The fourth-order valence-electron chi connectivity index (χ4n) is 1.65. The second-order valence-electron chi connectivity index (χ2n) is 3.79. The molecule has 7 heteroatoms. The summed E-state index contributed by atoms with van der Waals surface area (Å²) in [6.07, 6.45) is 0. The number of nitrogens with one attached hydrogen (secondary N) is 1. The summed E-state index contributed by atoms with van der Waals surface area (Å²) in [5.41, 5.74) is 2.95. The SMILES string of the molecule is CCn1c(N(C)Cc2scnc2C)n[nH]c1=S. The van der Waals surface area contributed by atoms with Crippen molar-refractivity contribution in [3.05, 3.63) is 20.9 Å². The molecule has 17 heavy (non-hydrogen) atoms. The lowest BCUT2D eigenvalue weighted by Gasteiger charge is -2.17. The van der Waals surface area contributed by atoms with E-state index in [2.05, 4.69) is 27.0 Å². The standard InChI is InChI=1S/C10H15N5S2/c1-4-15-9(12-13-10(15)16)14(3)5-8-7(2)11-6-17-8/h6H,4-5H2,1-3H3,(H,13,16). The number of aryl methyl sites for hydroxylation is 1. The van der Waals surface area contributed by atoms with Crippen molar-refractivity contribution in [2.45, 2.75) is 26.9 Å². The Hall–Kier alpha value is -1.21. The zero-order valence-corrected chi connectivity index (χ0v) is 11.7. The molecule has 0 bridgehead atoms. The zero-order valence-electron chi connectivity index (χ0n) is 10.1. The average molecular weight is 269 g/mol. The normalized spacial score (nSPS) is 10.8. The molecule has 2 aromatic heterocycles. The highest BCUT2D eigenvalue weighted by atomic mass is 32.1. The van der Waals surface area contributed by atoms with Crippen LogP contribution < -0.4 is 4.90 Å². The highest BCUT2D eigenvalue weighted by Crippen LogP contribution is 2.18. The second kappa shape index (κ2) is 4.97. The van der Waals surface area contributed by atoms with Gasteiger partial charge in [-0.05, 0) is 26.1 Å². The third-order valence-corrected chi connectivity index (χ3v) is 3.85. The molecule has 2 heterocycles. The van der Waals surface area contributed by atoms with Crippen LogP contribution in [0.1, 0.15) is 17.5 Å². The molecule has 0 aliphatic rings. The Morgan fingerprint density at radius 2 is 2.35 bits per heavy atom. The molecule has 0 aromatic carbocycles. The number of anilines is 1. The smallest absolute Gasteiger partial charge is 0.225 e. The monoisotopic (exact) mass is 269 g/mol. The Balaban J connectivity index is 2.23. The number of nitrogens with zero attached hydrogens (tertiary/aromatic N) is 4. The van der Waals surface area contributed by atoms with Crippen LogP contribution in [0, 0.1) is 11.7 Å². The molecular weight excluding hydrogens is 254 g/mol. The Morgan fingerprint density at radius 3 is 2.94 bits per heavy atom. The van der Waals surface area contributed by atoms with Gasteiger partial charge in [-0.1, -0.05) is 0 Å². The summed E-state index contributed by atoms with van der Waals surface area (Å²) in [5.74, 6) is 0.866. The molecule has 2 rings (SSSR count). The van der Waals surface area contributed by atoms with Crippen LogP contribution in [0.2, 0.25) is 0 Å². The largest absolute Gasteiger partial charge is 0.339 e. The molecule has 0 fully saturated rings. The summed E-state index contributed by atoms with van der Waals surface area (Å²) in [6.45, 7) is 5.70. The average Bonchev–Trinajstić information content (AvgIpc) is 2.86. The summed E-state index contributed by atoms with van der Waals surface area (Å²) >= 11 is 6.84. The number of aromatic amines is 1. The molecule has 0 radical (unpaired) electrons. The topological polar surface area (TPSA) is 49.7 Å². The van der Waals surface area contributed by atoms with Gasteiger partial charge in [-0.2, -0.15) is 0 Å². The number of aromatic nitrogens is 4. The summed E-state index contributed by atoms with van der Waals surface area (Å²) in [6, 6.07) is 0. The van der Waals surface area contributed by atoms with Gasteiger partial charge in [0.05, 0.1) is 17.7 Å². The molecule has 0 atom stereocenters. The van der Waals surface area contributed by atoms with E-state index in [0.717, 1.165) is 24.7 Å². The Morgan fingerprint density at radius 1 is 1.59 bits per heavy atom. The van der Waals surface area contributed by atoms with Gasteiger partial charge in [0.25, 0.3) is 0 Å². The molecule has 5 nitrogen and oxygen atoms in total. The maximum Gasteiger partial charge on any atom is 0.225 e. The first-order valence-electron chi connectivity index (χ1n) is 5.38. The number of hydrogen-bond donors (Lipinski definition) is 1. The molecule has 0 aliphatic heterocycles. The van der Waals surface area contributed by atoms with Gasteiger partial charge < -0.3 is 4.90 Å². The van der Waals surface area contributed by atoms with E-state index in [4.69, 9.17) is 12.2 Å². The maximum atomic E-state index is 5.17. The fourth-order valence-corrected chi connectivity index (χ4v) is 2.74. The molecule has 0 aliphatic carbocycles. The first-order chi connectivity index (χ1) is 8.13. The molecule has 0 saturated carbocycles. The van der Waals surface area contributed by atoms with Gasteiger partial charge in [0.2, 0.25) is 5.95 Å². The van der Waals surface area contributed by atoms with Gasteiger partial charge in [0, 0.05) is 18.5 Å². The summed E-state index contributed by atoms with van der Waals surface area (Å²) in [7, 11) is 2.01. The van der Waals surface area contributed by atoms with Crippen molar-refractivity contribution in [1.29, 1.82) is 0 Å². The molecule has 0 unspecified atom stereocenters. The molecule has 2 aromatic rings. The lowest BCUT2D eigenvalue weighted by molar-refractivity contribution is 0.718. The third-order valence-electron chi connectivity index (χ3n) is 2.62. The van der Waals surface area contributed by atoms with Crippen molar-refractivity contribution < 1.29 is 0 Å². The number of H-pyrrole nitrogens is 1. The van der Waals surface area contributed by atoms with Crippen molar-refractivity contribution in [2.24, 2.45) is 0 Å². The Bertz CT molecular complexity index is 553. The third kappa shape index (κ3) is 2.39. The number of rotatable bonds is 4. The summed E-state index contributed by atoms with van der Waals surface area (Å²) in [4.78, 5) is 7.58. The van der Waals surface area contributed by atoms with Gasteiger partial charge in [-0.15, -0.1) is 16.4 Å². The quantitative estimate of drug-likeness (QED) is 0.866. The van der Waals surface area contributed by atoms with Gasteiger partial charge in [0.15, 0.2) is 4.77 Å². The predicted molar refractivity (Wildman–Crippen MR) is 72.0 cm³/mol. The van der Waals surface area contributed by atoms with Crippen LogP contribution in [0.4, 0.5) is 5.95 Å². The van der Waals surface area contributed by atoms with Crippen LogP contribution in [0.3, 0.4) is 0 Å². The minimum absolute atomic E-state index is 0.662. The van der Waals surface area contributed by atoms with E-state index in [1.54, 1.807) is 11.3 Å². The van der Waals surface area contributed by atoms with E-state index < -0.39 is 0 Å². The minimum Gasteiger partial charge on any atom is -0.339 e. The first-order valence-corrected chi connectivity index (χ1v) is 6.67.